The van der Waals surface area contributed by atoms with Crippen LogP contribution in [0.3, 0.4) is 0 Å². The Morgan fingerprint density at radius 2 is 2.30 bits per heavy atom. The molecule has 1 aliphatic carbocycles. The number of hydrogen-bond donors (Lipinski definition) is 1. The van der Waals surface area contributed by atoms with Crippen molar-refractivity contribution in [2.45, 2.75) is 45.6 Å². The fraction of sp³-hybridized carbons (Fsp3) is 0.733. The molecular formula is C15H23N3O2. The van der Waals surface area contributed by atoms with Crippen LogP contribution >= 0.6 is 0 Å². The topological polar surface area (TPSA) is 71.1 Å². The predicted octanol–water partition coefficient (Wildman–Crippen LogP) is 2.49. The molecule has 0 saturated heterocycles. The molecule has 1 N–H and O–H groups in total. The molecule has 2 rings (SSSR count). The monoisotopic (exact) mass is 277 g/mol. The lowest BCUT2D eigenvalue weighted by Crippen LogP contribution is -2.33. The van der Waals surface area contributed by atoms with E-state index in [4.69, 9.17) is 4.74 Å². The molecule has 0 amide bonds. The van der Waals surface area contributed by atoms with Gasteiger partial charge in [0.25, 0.3) is 0 Å². The number of nitrogens with zero attached hydrogens (tertiary/aromatic N) is 3. The summed E-state index contributed by atoms with van der Waals surface area (Å²) < 4.78 is 6.97. The third kappa shape index (κ3) is 2.29. The number of rotatable bonds is 3. The van der Waals surface area contributed by atoms with Crippen molar-refractivity contribution in [3.8, 4) is 11.9 Å². The van der Waals surface area contributed by atoms with E-state index in [9.17, 15) is 10.4 Å². The predicted molar refractivity (Wildman–Crippen MR) is 75.1 cm³/mol. The number of nitriles is 1. The second-order valence-corrected chi connectivity index (χ2v) is 6.00. The van der Waals surface area contributed by atoms with E-state index >= 15 is 0 Å². The quantitative estimate of drug-likeness (QED) is 0.921. The van der Waals surface area contributed by atoms with Crippen LogP contribution in [-0.2, 0) is 7.05 Å². The van der Waals surface area contributed by atoms with Gasteiger partial charge in [-0.05, 0) is 25.7 Å². The molecule has 3 atom stereocenters. The van der Waals surface area contributed by atoms with Crippen molar-refractivity contribution in [1.29, 1.82) is 5.26 Å². The van der Waals surface area contributed by atoms with Crippen LogP contribution in [0.2, 0.25) is 0 Å². The summed E-state index contributed by atoms with van der Waals surface area (Å²) in [5.41, 5.74) is 0.661. The molecule has 1 aromatic rings. The van der Waals surface area contributed by atoms with Gasteiger partial charge in [-0.3, -0.25) is 0 Å². The maximum absolute atomic E-state index is 10.9. The van der Waals surface area contributed by atoms with Gasteiger partial charge in [-0.15, -0.1) is 0 Å². The number of hydrogen-bond acceptors (Lipinski definition) is 4. The summed E-state index contributed by atoms with van der Waals surface area (Å²) in [6.45, 7) is 3.99. The Bertz CT molecular complexity index is 532. The fourth-order valence-electron chi connectivity index (χ4n) is 3.49. The lowest BCUT2D eigenvalue weighted by molar-refractivity contribution is 0.0198. The lowest BCUT2D eigenvalue weighted by Gasteiger charge is -2.38. The van der Waals surface area contributed by atoms with E-state index in [1.54, 1.807) is 18.8 Å². The highest BCUT2D eigenvalue weighted by atomic mass is 16.5. The minimum atomic E-state index is -0.848. The van der Waals surface area contributed by atoms with Crippen molar-refractivity contribution < 1.29 is 9.84 Å². The summed E-state index contributed by atoms with van der Waals surface area (Å²) in [6, 6.07) is 2.39. The largest absolute Gasteiger partial charge is 0.481 e. The number of ether oxygens (including phenoxy) is 1. The van der Waals surface area contributed by atoms with Crippen molar-refractivity contribution in [2.24, 2.45) is 18.4 Å². The molecule has 110 valence electrons. The Morgan fingerprint density at radius 1 is 1.60 bits per heavy atom. The van der Waals surface area contributed by atoms with Crippen molar-refractivity contribution in [3.63, 3.8) is 0 Å². The zero-order valence-electron chi connectivity index (χ0n) is 12.7. The average molecular weight is 277 g/mol. The fourth-order valence-corrected chi connectivity index (χ4v) is 3.49. The van der Waals surface area contributed by atoms with E-state index in [0.29, 0.717) is 17.4 Å². The van der Waals surface area contributed by atoms with Crippen LogP contribution in [0.1, 0.15) is 50.0 Å². The normalized spacial score (nSPS) is 27.9. The van der Waals surface area contributed by atoms with Crippen molar-refractivity contribution in [2.75, 3.05) is 7.11 Å². The Kier molecular flexibility index (Phi) is 4.05. The van der Waals surface area contributed by atoms with Crippen LogP contribution < -0.4 is 4.74 Å². The van der Waals surface area contributed by atoms with E-state index in [1.807, 2.05) is 6.92 Å². The highest BCUT2D eigenvalue weighted by molar-refractivity contribution is 5.36. The SMILES string of the molecule is COc1c(C(O)C2(C#N)CCCC(C)C2)c(C)nn1C. The average Bonchev–Trinajstić information content (AvgIpc) is 2.71. The van der Waals surface area contributed by atoms with E-state index in [-0.39, 0.29) is 0 Å². The number of aliphatic hydroxyl groups is 1. The first-order chi connectivity index (χ1) is 9.45. The van der Waals surface area contributed by atoms with Gasteiger partial charge in [0, 0.05) is 7.05 Å². The van der Waals surface area contributed by atoms with E-state index in [0.717, 1.165) is 31.4 Å². The van der Waals surface area contributed by atoms with E-state index in [2.05, 4.69) is 18.1 Å². The molecule has 0 aromatic carbocycles. The summed E-state index contributed by atoms with van der Waals surface area (Å²) >= 11 is 0. The van der Waals surface area contributed by atoms with Crippen LogP contribution in [0, 0.1) is 29.6 Å². The molecule has 1 aliphatic rings. The second kappa shape index (κ2) is 5.45. The van der Waals surface area contributed by atoms with Crippen LogP contribution in [0.5, 0.6) is 5.88 Å². The molecule has 1 fully saturated rings. The van der Waals surface area contributed by atoms with E-state index < -0.39 is 11.5 Å². The van der Waals surface area contributed by atoms with Gasteiger partial charge in [0.2, 0.25) is 5.88 Å². The molecule has 3 unspecified atom stereocenters. The van der Waals surface area contributed by atoms with Gasteiger partial charge >= 0.3 is 0 Å². The number of aliphatic hydroxyl groups excluding tert-OH is 1. The standard InChI is InChI=1S/C15H23N3O2/c1-10-6-5-7-15(8-10,9-16)13(19)12-11(2)17-18(3)14(12)20-4/h10,13,19H,5-8H2,1-4H3. The third-order valence-corrected chi connectivity index (χ3v) is 4.46. The summed E-state index contributed by atoms with van der Waals surface area (Å²) in [6.07, 6.45) is 2.71. The summed E-state index contributed by atoms with van der Waals surface area (Å²) in [7, 11) is 3.35. The van der Waals surface area contributed by atoms with Gasteiger partial charge < -0.3 is 9.84 Å². The van der Waals surface area contributed by atoms with Crippen LogP contribution in [0.15, 0.2) is 0 Å². The number of aromatic nitrogens is 2. The molecule has 0 aliphatic heterocycles. The Hall–Kier alpha value is -1.54. The maximum atomic E-state index is 10.9. The molecule has 0 spiro atoms. The van der Waals surface area contributed by atoms with Gasteiger partial charge in [0.15, 0.2) is 0 Å². The minimum absolute atomic E-state index is 0.459. The first kappa shape index (κ1) is 14.9. The number of aryl methyl sites for hydroxylation is 2. The van der Waals surface area contributed by atoms with Crippen LogP contribution in [0.4, 0.5) is 0 Å². The Labute approximate surface area is 120 Å². The zero-order valence-corrected chi connectivity index (χ0v) is 12.7. The summed E-state index contributed by atoms with van der Waals surface area (Å²) in [5, 5.41) is 24.8. The van der Waals surface area contributed by atoms with E-state index in [1.165, 1.54) is 0 Å². The molecule has 1 heterocycles. The summed E-state index contributed by atoms with van der Waals surface area (Å²) in [4.78, 5) is 0. The van der Waals surface area contributed by atoms with Crippen LogP contribution in [0.25, 0.3) is 0 Å². The van der Waals surface area contributed by atoms with Gasteiger partial charge in [-0.1, -0.05) is 19.8 Å². The summed E-state index contributed by atoms with van der Waals surface area (Å²) in [5.74, 6) is 1.00. The van der Waals surface area contributed by atoms with Gasteiger partial charge in [0.05, 0.1) is 29.9 Å². The lowest BCUT2D eigenvalue weighted by atomic mass is 9.66. The van der Waals surface area contributed by atoms with Crippen molar-refractivity contribution in [3.05, 3.63) is 11.3 Å². The first-order valence-corrected chi connectivity index (χ1v) is 7.12. The van der Waals surface area contributed by atoms with Crippen LogP contribution in [-0.4, -0.2) is 22.0 Å². The van der Waals surface area contributed by atoms with Crippen molar-refractivity contribution in [1.82, 2.24) is 9.78 Å². The molecule has 0 bridgehead atoms. The molecule has 5 heteroatoms. The zero-order chi connectivity index (χ0) is 14.9. The van der Waals surface area contributed by atoms with Gasteiger partial charge in [-0.2, -0.15) is 10.4 Å². The Balaban J connectivity index is 2.44. The van der Waals surface area contributed by atoms with Crippen molar-refractivity contribution >= 4 is 0 Å². The molecule has 5 nitrogen and oxygen atoms in total. The third-order valence-electron chi connectivity index (χ3n) is 4.46. The minimum Gasteiger partial charge on any atom is -0.481 e. The highest BCUT2D eigenvalue weighted by Crippen LogP contribution is 2.49. The highest BCUT2D eigenvalue weighted by Gasteiger charge is 2.44. The smallest absolute Gasteiger partial charge is 0.217 e. The molecular weight excluding hydrogens is 254 g/mol. The maximum Gasteiger partial charge on any atom is 0.217 e. The molecule has 0 radical (unpaired) electrons. The Morgan fingerprint density at radius 3 is 2.85 bits per heavy atom. The number of methoxy groups -OCH3 is 1. The molecule has 20 heavy (non-hydrogen) atoms. The second-order valence-electron chi connectivity index (χ2n) is 6.00. The van der Waals surface area contributed by atoms with Gasteiger partial charge in [0.1, 0.15) is 6.10 Å². The first-order valence-electron chi connectivity index (χ1n) is 7.12. The molecule has 1 aromatic heterocycles. The van der Waals surface area contributed by atoms with Gasteiger partial charge in [-0.25, -0.2) is 4.68 Å². The molecule has 1 saturated carbocycles.